The lowest BCUT2D eigenvalue weighted by Crippen LogP contribution is -2.53. The fourth-order valence-corrected chi connectivity index (χ4v) is 5.51. The number of Topliss-reactive ketones (excluding diaryl/α,β-unsaturated/α-hetero) is 1. The molecule has 0 saturated carbocycles. The van der Waals surface area contributed by atoms with Gasteiger partial charge in [0.15, 0.2) is 5.78 Å². The third-order valence-electron chi connectivity index (χ3n) is 6.87. The van der Waals surface area contributed by atoms with Gasteiger partial charge in [-0.3, -0.25) is 14.5 Å². The fourth-order valence-electron chi connectivity index (χ4n) is 5.34. The molecule has 174 valence electrons. The molecule has 1 unspecified atom stereocenters. The number of allylic oxidation sites excluding steroid dienone is 1. The number of benzene rings is 2. The molecule has 0 saturated heterocycles. The summed E-state index contributed by atoms with van der Waals surface area (Å²) in [4.78, 5) is 42.4. The quantitative estimate of drug-likeness (QED) is 0.633. The summed E-state index contributed by atoms with van der Waals surface area (Å²) in [5.74, 6) is -1.40. The Morgan fingerprint density at radius 1 is 1.15 bits per heavy atom. The van der Waals surface area contributed by atoms with Crippen molar-refractivity contribution in [3.63, 3.8) is 0 Å². The minimum absolute atomic E-state index is 0.0460. The van der Waals surface area contributed by atoms with E-state index >= 15 is 0 Å². The molecule has 8 heteroatoms. The molecule has 2 aliphatic heterocycles. The van der Waals surface area contributed by atoms with Crippen molar-refractivity contribution < 1.29 is 19.1 Å². The smallest absolute Gasteiger partial charge is 0.339 e. The minimum atomic E-state index is -1.68. The Balaban J connectivity index is 1.91. The molecule has 0 fully saturated rings. The molecule has 5 rings (SSSR count). The van der Waals surface area contributed by atoms with E-state index in [1.165, 1.54) is 7.11 Å². The van der Waals surface area contributed by atoms with Crippen LogP contribution in [0.4, 0.5) is 11.4 Å². The Morgan fingerprint density at radius 2 is 1.91 bits per heavy atom. The van der Waals surface area contributed by atoms with Crippen LogP contribution in [0.15, 0.2) is 59.1 Å². The number of halogens is 1. The number of methoxy groups -OCH3 is 1. The second-order valence-corrected chi connectivity index (χ2v) is 9.28. The summed E-state index contributed by atoms with van der Waals surface area (Å²) >= 11 is 6.42. The highest BCUT2D eigenvalue weighted by atomic mass is 35.5. The monoisotopic (exact) mass is 477 g/mol. The first-order valence-electron chi connectivity index (χ1n) is 11.1. The normalized spacial score (nSPS) is 21.6. The van der Waals surface area contributed by atoms with Gasteiger partial charge in [-0.15, -0.1) is 0 Å². The number of nitrogens with two attached hydrogens (primary N) is 1. The van der Waals surface area contributed by atoms with Crippen LogP contribution in [0.25, 0.3) is 0 Å². The van der Waals surface area contributed by atoms with Gasteiger partial charge in [0.1, 0.15) is 16.8 Å². The first-order valence-corrected chi connectivity index (χ1v) is 11.4. The highest BCUT2D eigenvalue weighted by Crippen LogP contribution is 2.55. The number of carbonyl (C=O) groups is 3. The summed E-state index contributed by atoms with van der Waals surface area (Å²) < 4.78 is 5.14. The average molecular weight is 478 g/mol. The maximum atomic E-state index is 13.8. The van der Waals surface area contributed by atoms with Crippen molar-refractivity contribution in [2.45, 2.75) is 38.5 Å². The number of esters is 1. The average Bonchev–Trinajstić information content (AvgIpc) is 3.07. The predicted molar refractivity (Wildman–Crippen MR) is 129 cm³/mol. The maximum absolute atomic E-state index is 13.8. The van der Waals surface area contributed by atoms with Crippen molar-refractivity contribution in [3.8, 4) is 0 Å². The van der Waals surface area contributed by atoms with Crippen LogP contribution in [0.5, 0.6) is 0 Å². The van der Waals surface area contributed by atoms with Crippen LogP contribution in [0, 0.1) is 13.8 Å². The highest BCUT2D eigenvalue weighted by Gasteiger charge is 2.61. The van der Waals surface area contributed by atoms with Gasteiger partial charge >= 0.3 is 5.97 Å². The molecule has 0 bridgehead atoms. The number of rotatable bonds is 2. The second-order valence-electron chi connectivity index (χ2n) is 8.87. The zero-order valence-corrected chi connectivity index (χ0v) is 19.9. The van der Waals surface area contributed by atoms with E-state index in [0.717, 1.165) is 11.1 Å². The van der Waals surface area contributed by atoms with Crippen LogP contribution in [0.3, 0.4) is 0 Å². The van der Waals surface area contributed by atoms with Crippen LogP contribution in [0.1, 0.15) is 36.0 Å². The van der Waals surface area contributed by atoms with Gasteiger partial charge in [0.05, 0.1) is 7.11 Å². The number of ketones is 1. The van der Waals surface area contributed by atoms with E-state index in [0.29, 0.717) is 40.5 Å². The first-order chi connectivity index (χ1) is 16.2. The molecule has 2 heterocycles. The maximum Gasteiger partial charge on any atom is 0.339 e. The van der Waals surface area contributed by atoms with Crippen molar-refractivity contribution >= 4 is 40.6 Å². The number of nitrogens with zero attached hydrogens (tertiary/aromatic N) is 1. The van der Waals surface area contributed by atoms with E-state index in [1.54, 1.807) is 17.0 Å². The molecule has 0 aromatic heterocycles. The van der Waals surface area contributed by atoms with Gasteiger partial charge in [-0.1, -0.05) is 35.4 Å². The summed E-state index contributed by atoms with van der Waals surface area (Å²) in [6, 6.07) is 10.9. The number of fused-ring (bicyclic) bond motifs is 3. The van der Waals surface area contributed by atoms with Crippen LogP contribution in [-0.4, -0.2) is 24.8 Å². The van der Waals surface area contributed by atoms with E-state index in [9.17, 15) is 14.4 Å². The lowest BCUT2D eigenvalue weighted by Gasteiger charge is -2.44. The van der Waals surface area contributed by atoms with Crippen molar-refractivity contribution in [1.29, 1.82) is 0 Å². The van der Waals surface area contributed by atoms with Crippen LogP contribution >= 0.6 is 11.6 Å². The SMILES string of the molecule is COC(=O)C1=C(N)N(c2ccc(C)c(Cl)c2)C2=C(C(=O)CCC2)C12C(=O)Nc1ccc(C)cc12. The molecule has 2 aromatic rings. The van der Waals surface area contributed by atoms with Gasteiger partial charge in [0, 0.05) is 39.7 Å². The number of hydrogen-bond donors (Lipinski definition) is 2. The number of nitrogens with one attached hydrogen (secondary N) is 1. The summed E-state index contributed by atoms with van der Waals surface area (Å²) in [5.41, 5.74) is 9.29. The Hall–Kier alpha value is -3.58. The summed E-state index contributed by atoms with van der Waals surface area (Å²) in [6.07, 6.45) is 1.39. The second kappa shape index (κ2) is 7.74. The molecule has 2 aromatic carbocycles. The zero-order valence-electron chi connectivity index (χ0n) is 19.1. The van der Waals surface area contributed by atoms with E-state index in [-0.39, 0.29) is 29.2 Å². The molecule has 1 atom stereocenters. The molecule has 3 aliphatic rings. The highest BCUT2D eigenvalue weighted by molar-refractivity contribution is 6.31. The van der Waals surface area contributed by atoms with E-state index in [1.807, 2.05) is 38.1 Å². The zero-order chi connectivity index (χ0) is 24.4. The molecule has 3 N–H and O–H groups in total. The van der Waals surface area contributed by atoms with Gasteiger partial charge in [0.25, 0.3) is 0 Å². The first kappa shape index (κ1) is 22.2. The Morgan fingerprint density at radius 3 is 2.62 bits per heavy atom. The molecule has 1 aliphatic carbocycles. The lowest BCUT2D eigenvalue weighted by molar-refractivity contribution is -0.138. The van der Waals surface area contributed by atoms with Crippen LogP contribution < -0.4 is 16.0 Å². The minimum Gasteiger partial charge on any atom is -0.466 e. The van der Waals surface area contributed by atoms with E-state index < -0.39 is 17.3 Å². The van der Waals surface area contributed by atoms with Gasteiger partial charge in [-0.2, -0.15) is 0 Å². The standard InChI is InChI=1S/C26H24ClN3O4/c1-13-7-10-18-16(11-13)26(25(33)29-18)21-19(5-4-6-20(21)31)30(23(28)22(26)24(32)34-3)15-9-8-14(2)17(27)12-15/h7-12H,4-6,28H2,1-3H3,(H,29,33). The number of aryl methyl sites for hydroxylation is 2. The number of ether oxygens (including phenoxy) is 1. The largest absolute Gasteiger partial charge is 0.466 e. The van der Waals surface area contributed by atoms with Gasteiger partial charge in [-0.25, -0.2) is 4.79 Å². The van der Waals surface area contributed by atoms with Crippen molar-refractivity contribution in [3.05, 3.63) is 80.8 Å². The molecule has 7 nitrogen and oxygen atoms in total. The number of carbonyl (C=O) groups excluding carboxylic acids is 3. The van der Waals surface area contributed by atoms with Gasteiger partial charge < -0.3 is 15.8 Å². The molecule has 1 amide bonds. The van der Waals surface area contributed by atoms with Crippen LogP contribution in [0.2, 0.25) is 5.02 Å². The number of amides is 1. The fraction of sp³-hybridized carbons (Fsp3) is 0.269. The van der Waals surface area contributed by atoms with E-state index in [2.05, 4.69) is 5.32 Å². The Bertz CT molecular complexity index is 1360. The van der Waals surface area contributed by atoms with Crippen molar-refractivity contribution in [2.24, 2.45) is 5.73 Å². The molecular weight excluding hydrogens is 454 g/mol. The number of hydrogen-bond acceptors (Lipinski definition) is 6. The third-order valence-corrected chi connectivity index (χ3v) is 7.28. The van der Waals surface area contributed by atoms with Gasteiger partial charge in [0.2, 0.25) is 5.91 Å². The van der Waals surface area contributed by atoms with Crippen molar-refractivity contribution in [2.75, 3.05) is 17.3 Å². The molecular formula is C26H24ClN3O4. The van der Waals surface area contributed by atoms with Crippen LogP contribution in [-0.2, 0) is 24.5 Å². The third kappa shape index (κ3) is 2.86. The van der Waals surface area contributed by atoms with E-state index in [4.69, 9.17) is 22.1 Å². The van der Waals surface area contributed by atoms with Crippen molar-refractivity contribution in [1.82, 2.24) is 0 Å². The Labute approximate surface area is 202 Å². The summed E-state index contributed by atoms with van der Waals surface area (Å²) in [7, 11) is 1.24. The molecule has 0 radical (unpaired) electrons. The summed E-state index contributed by atoms with van der Waals surface area (Å²) in [6.45, 7) is 3.77. The predicted octanol–water partition coefficient (Wildman–Crippen LogP) is 4.02. The lowest BCUT2D eigenvalue weighted by atomic mass is 9.63. The molecule has 34 heavy (non-hydrogen) atoms. The number of anilines is 2. The summed E-state index contributed by atoms with van der Waals surface area (Å²) in [5, 5.41) is 3.40. The molecule has 1 spiro atoms. The van der Waals surface area contributed by atoms with Gasteiger partial charge in [-0.05, 0) is 50.5 Å². The Kier molecular flexibility index (Phi) is 5.06. The topological polar surface area (TPSA) is 102 Å².